The van der Waals surface area contributed by atoms with Crippen molar-refractivity contribution in [3.05, 3.63) is 68.7 Å². The molecule has 2 aromatic carbocycles. The predicted octanol–water partition coefficient (Wildman–Crippen LogP) is 4.10. The quantitative estimate of drug-likeness (QED) is 0.667. The van der Waals surface area contributed by atoms with Gasteiger partial charge in [-0.1, -0.05) is 24.3 Å². The average molecular weight is 349 g/mol. The summed E-state index contributed by atoms with van der Waals surface area (Å²) < 4.78 is 0.800. The summed E-state index contributed by atoms with van der Waals surface area (Å²) in [7, 11) is 0. The molecule has 2 aromatic rings. The molecule has 0 aliphatic rings. The molecule has 0 heterocycles. The number of benzene rings is 2. The van der Waals surface area contributed by atoms with Gasteiger partial charge >= 0.3 is 0 Å². The van der Waals surface area contributed by atoms with Crippen LogP contribution in [0.5, 0.6) is 0 Å². The number of non-ortho nitro benzene ring substituents is 1. The number of rotatable bonds is 4. The van der Waals surface area contributed by atoms with Crippen LogP contribution in [0.15, 0.2) is 53.0 Å². The third kappa shape index (κ3) is 3.66. The zero-order valence-corrected chi connectivity index (χ0v) is 12.8. The van der Waals surface area contributed by atoms with Crippen LogP contribution in [-0.2, 0) is 4.79 Å². The highest BCUT2D eigenvalue weighted by Crippen LogP contribution is 2.24. The van der Waals surface area contributed by atoms with Crippen molar-refractivity contribution < 1.29 is 9.72 Å². The Bertz CT molecular complexity index is 671. The molecule has 0 bridgehead atoms. The molecule has 0 saturated heterocycles. The number of nitrogens with zero attached hydrogens (tertiary/aromatic N) is 1. The van der Waals surface area contributed by atoms with E-state index in [2.05, 4.69) is 21.2 Å². The highest BCUT2D eigenvalue weighted by molar-refractivity contribution is 9.10. The minimum Gasteiger partial charge on any atom is -0.325 e. The molecule has 2 rings (SSSR count). The molecule has 0 fully saturated rings. The summed E-state index contributed by atoms with van der Waals surface area (Å²) in [5.74, 6) is -0.575. The van der Waals surface area contributed by atoms with Crippen LogP contribution in [0.4, 0.5) is 11.4 Å². The second-order valence-electron chi connectivity index (χ2n) is 4.54. The molecule has 21 heavy (non-hydrogen) atoms. The Kier molecular flexibility index (Phi) is 4.70. The van der Waals surface area contributed by atoms with E-state index in [0.717, 1.165) is 10.0 Å². The molecule has 0 aromatic heterocycles. The zero-order valence-electron chi connectivity index (χ0n) is 11.2. The van der Waals surface area contributed by atoms with Crippen LogP contribution in [-0.4, -0.2) is 10.8 Å². The lowest BCUT2D eigenvalue weighted by Crippen LogP contribution is -2.19. The summed E-state index contributed by atoms with van der Waals surface area (Å²) in [5, 5.41) is 13.4. The number of halogens is 1. The summed E-state index contributed by atoms with van der Waals surface area (Å²) in [6.07, 6.45) is 0. The Balaban J connectivity index is 2.12. The number of carbonyl (C=O) groups excluding carboxylic acids is 1. The monoisotopic (exact) mass is 348 g/mol. The van der Waals surface area contributed by atoms with Gasteiger partial charge in [0, 0.05) is 16.6 Å². The average Bonchev–Trinajstić information content (AvgIpc) is 2.49. The van der Waals surface area contributed by atoms with E-state index in [4.69, 9.17) is 0 Å². The van der Waals surface area contributed by atoms with Crippen molar-refractivity contribution in [2.24, 2.45) is 0 Å². The van der Waals surface area contributed by atoms with Gasteiger partial charge in [-0.2, -0.15) is 0 Å². The molecule has 0 spiro atoms. The number of hydrogen-bond donors (Lipinski definition) is 1. The lowest BCUT2D eigenvalue weighted by atomic mass is 10.00. The van der Waals surface area contributed by atoms with Gasteiger partial charge in [-0.05, 0) is 40.5 Å². The van der Waals surface area contributed by atoms with Gasteiger partial charge in [-0.3, -0.25) is 14.9 Å². The molecule has 0 radical (unpaired) electrons. The van der Waals surface area contributed by atoms with Crippen molar-refractivity contribution in [1.82, 2.24) is 0 Å². The molecule has 6 heteroatoms. The molecule has 0 aliphatic heterocycles. The van der Waals surface area contributed by atoms with Crippen molar-refractivity contribution in [2.75, 3.05) is 5.32 Å². The number of amides is 1. The van der Waals surface area contributed by atoms with Gasteiger partial charge in [-0.25, -0.2) is 0 Å². The summed E-state index contributed by atoms with van der Waals surface area (Å²) in [5.41, 5.74) is 1.43. The SMILES string of the molecule is C[C@H](C(=O)Nc1ccccc1Br)c1ccc([N+](=O)[O-])cc1. The standard InChI is InChI=1S/C15H13BrN2O3/c1-10(11-6-8-12(9-7-11)18(20)21)15(19)17-14-5-3-2-4-13(14)16/h2-10H,1H3,(H,17,19)/t10-/m0/s1. The van der Waals surface area contributed by atoms with E-state index in [1.54, 1.807) is 25.1 Å². The minimum absolute atomic E-state index is 0.0113. The molecule has 0 unspecified atom stereocenters. The zero-order chi connectivity index (χ0) is 15.4. The van der Waals surface area contributed by atoms with Crippen molar-refractivity contribution in [1.29, 1.82) is 0 Å². The van der Waals surface area contributed by atoms with Crippen LogP contribution in [0.1, 0.15) is 18.4 Å². The number of anilines is 1. The number of hydrogen-bond acceptors (Lipinski definition) is 3. The van der Waals surface area contributed by atoms with Crippen LogP contribution in [0, 0.1) is 10.1 Å². The van der Waals surface area contributed by atoms with E-state index < -0.39 is 10.8 Å². The fraction of sp³-hybridized carbons (Fsp3) is 0.133. The maximum Gasteiger partial charge on any atom is 0.269 e. The molecular formula is C15H13BrN2O3. The molecule has 108 valence electrons. The van der Waals surface area contributed by atoms with Crippen molar-refractivity contribution in [3.8, 4) is 0 Å². The second kappa shape index (κ2) is 6.49. The maximum absolute atomic E-state index is 12.2. The lowest BCUT2D eigenvalue weighted by Gasteiger charge is -2.13. The van der Waals surface area contributed by atoms with Gasteiger partial charge in [0.15, 0.2) is 0 Å². The molecular weight excluding hydrogens is 336 g/mol. The first-order valence-electron chi connectivity index (χ1n) is 6.29. The van der Waals surface area contributed by atoms with Gasteiger partial charge in [0.1, 0.15) is 0 Å². The van der Waals surface area contributed by atoms with Gasteiger partial charge < -0.3 is 5.32 Å². The molecule has 0 saturated carbocycles. The maximum atomic E-state index is 12.2. The van der Waals surface area contributed by atoms with E-state index in [9.17, 15) is 14.9 Å². The first-order valence-corrected chi connectivity index (χ1v) is 7.08. The predicted molar refractivity (Wildman–Crippen MR) is 84.3 cm³/mol. The van der Waals surface area contributed by atoms with Crippen molar-refractivity contribution >= 4 is 33.2 Å². The van der Waals surface area contributed by atoms with E-state index in [-0.39, 0.29) is 11.6 Å². The Morgan fingerprint density at radius 3 is 2.38 bits per heavy atom. The van der Waals surface area contributed by atoms with Crippen LogP contribution in [0.2, 0.25) is 0 Å². The first-order chi connectivity index (χ1) is 9.99. The Morgan fingerprint density at radius 2 is 1.81 bits per heavy atom. The van der Waals surface area contributed by atoms with Gasteiger partial charge in [-0.15, -0.1) is 0 Å². The van der Waals surface area contributed by atoms with Crippen molar-refractivity contribution in [2.45, 2.75) is 12.8 Å². The van der Waals surface area contributed by atoms with Crippen LogP contribution < -0.4 is 5.32 Å². The number of nitro benzene ring substituents is 1. The third-order valence-corrected chi connectivity index (χ3v) is 3.82. The third-order valence-electron chi connectivity index (χ3n) is 3.13. The summed E-state index contributed by atoms with van der Waals surface area (Å²) in [6.45, 7) is 1.76. The van der Waals surface area contributed by atoms with E-state index in [0.29, 0.717) is 5.69 Å². The molecule has 5 nitrogen and oxygen atoms in total. The molecule has 0 aliphatic carbocycles. The summed E-state index contributed by atoms with van der Waals surface area (Å²) in [6, 6.07) is 13.3. The number of nitrogens with one attached hydrogen (secondary N) is 1. The van der Waals surface area contributed by atoms with Crippen LogP contribution in [0.25, 0.3) is 0 Å². The highest BCUT2D eigenvalue weighted by Gasteiger charge is 2.17. The fourth-order valence-electron chi connectivity index (χ4n) is 1.84. The van der Waals surface area contributed by atoms with E-state index >= 15 is 0 Å². The number of carbonyl (C=O) groups is 1. The van der Waals surface area contributed by atoms with Gasteiger partial charge in [0.05, 0.1) is 16.5 Å². The minimum atomic E-state index is -0.463. The first kappa shape index (κ1) is 15.2. The Morgan fingerprint density at radius 1 is 1.19 bits per heavy atom. The summed E-state index contributed by atoms with van der Waals surface area (Å²) in [4.78, 5) is 22.4. The number of nitro groups is 1. The van der Waals surface area contributed by atoms with Crippen LogP contribution in [0.3, 0.4) is 0 Å². The Labute approximate surface area is 130 Å². The van der Waals surface area contributed by atoms with E-state index in [1.807, 2.05) is 18.2 Å². The topological polar surface area (TPSA) is 72.2 Å². The van der Waals surface area contributed by atoms with Gasteiger partial charge in [0.2, 0.25) is 5.91 Å². The number of para-hydroxylation sites is 1. The molecule has 1 amide bonds. The molecule has 1 atom stereocenters. The van der Waals surface area contributed by atoms with Gasteiger partial charge in [0.25, 0.3) is 5.69 Å². The molecule has 1 N–H and O–H groups in total. The van der Waals surface area contributed by atoms with E-state index in [1.165, 1.54) is 12.1 Å². The fourth-order valence-corrected chi connectivity index (χ4v) is 2.22. The normalized spacial score (nSPS) is 11.7. The highest BCUT2D eigenvalue weighted by atomic mass is 79.9. The smallest absolute Gasteiger partial charge is 0.269 e. The summed E-state index contributed by atoms with van der Waals surface area (Å²) >= 11 is 3.37. The Hall–Kier alpha value is -2.21. The van der Waals surface area contributed by atoms with Crippen molar-refractivity contribution in [3.63, 3.8) is 0 Å². The lowest BCUT2D eigenvalue weighted by molar-refractivity contribution is -0.384. The van der Waals surface area contributed by atoms with Crippen LogP contribution >= 0.6 is 15.9 Å². The second-order valence-corrected chi connectivity index (χ2v) is 5.39. The largest absolute Gasteiger partial charge is 0.325 e.